The van der Waals surface area contributed by atoms with Gasteiger partial charge in [0.05, 0.1) is 11.9 Å². The number of rotatable bonds is 10. The van der Waals surface area contributed by atoms with Gasteiger partial charge in [-0.3, -0.25) is 13.9 Å². The van der Waals surface area contributed by atoms with E-state index in [-0.39, 0.29) is 12.5 Å². The number of benzene rings is 2. The Labute approximate surface area is 199 Å². The summed E-state index contributed by atoms with van der Waals surface area (Å²) in [4.78, 5) is 27.3. The summed E-state index contributed by atoms with van der Waals surface area (Å²) >= 11 is 12.2. The van der Waals surface area contributed by atoms with Crippen molar-refractivity contribution in [3.05, 3.63) is 64.1 Å². The van der Waals surface area contributed by atoms with Crippen molar-refractivity contribution in [1.29, 1.82) is 0 Å². The molecule has 0 saturated carbocycles. The number of anilines is 1. The van der Waals surface area contributed by atoms with Crippen LogP contribution in [-0.4, -0.2) is 50.5 Å². The highest BCUT2D eigenvalue weighted by Gasteiger charge is 2.30. The molecular weight excluding hydrogens is 473 g/mol. The van der Waals surface area contributed by atoms with Gasteiger partial charge < -0.3 is 10.2 Å². The Bertz CT molecular complexity index is 1050. The summed E-state index contributed by atoms with van der Waals surface area (Å²) in [5, 5.41) is 3.67. The molecule has 0 aliphatic heterocycles. The molecule has 0 aromatic heterocycles. The fourth-order valence-electron chi connectivity index (χ4n) is 3.01. The maximum atomic E-state index is 13.3. The van der Waals surface area contributed by atoms with Gasteiger partial charge in [0.25, 0.3) is 0 Å². The van der Waals surface area contributed by atoms with Crippen LogP contribution in [0.3, 0.4) is 0 Å². The lowest BCUT2D eigenvalue weighted by Crippen LogP contribution is -2.51. The quantitative estimate of drug-likeness (QED) is 0.539. The van der Waals surface area contributed by atoms with Crippen LogP contribution in [0.1, 0.15) is 25.8 Å². The molecule has 0 aliphatic carbocycles. The smallest absolute Gasteiger partial charge is 0.244 e. The fourth-order valence-corrected chi connectivity index (χ4v) is 4.18. The summed E-state index contributed by atoms with van der Waals surface area (Å²) in [6.45, 7) is 3.58. The van der Waals surface area contributed by atoms with E-state index in [0.717, 1.165) is 17.0 Å². The molecule has 32 heavy (non-hydrogen) atoms. The van der Waals surface area contributed by atoms with Crippen LogP contribution in [0.25, 0.3) is 0 Å². The zero-order chi connectivity index (χ0) is 23.9. The van der Waals surface area contributed by atoms with Gasteiger partial charge in [-0.15, -0.1) is 0 Å². The molecule has 1 N–H and O–H groups in total. The summed E-state index contributed by atoms with van der Waals surface area (Å²) < 4.78 is 25.9. The number of carbonyl (C=O) groups is 2. The number of halogens is 2. The average Bonchev–Trinajstić information content (AvgIpc) is 2.74. The minimum Gasteiger partial charge on any atom is -0.354 e. The Balaban J connectivity index is 2.37. The molecule has 1 atom stereocenters. The lowest BCUT2D eigenvalue weighted by molar-refractivity contribution is -0.139. The molecule has 0 fully saturated rings. The van der Waals surface area contributed by atoms with Crippen molar-refractivity contribution in [3.8, 4) is 0 Å². The SMILES string of the molecule is CCCNC(=O)[C@H](C)N(Cc1ccccc1Cl)C(=O)CN(c1ccc(Cl)cc1)S(C)(=O)=O. The van der Waals surface area contributed by atoms with Gasteiger partial charge in [0, 0.05) is 23.1 Å². The van der Waals surface area contributed by atoms with Gasteiger partial charge in [-0.1, -0.05) is 48.3 Å². The zero-order valence-electron chi connectivity index (χ0n) is 18.2. The standard InChI is InChI=1S/C22H27Cl2N3O4S/c1-4-13-25-22(29)16(2)26(14-17-7-5-6-8-20(17)24)21(28)15-27(32(3,30)31)19-11-9-18(23)10-12-19/h5-12,16H,4,13-15H2,1-3H3,(H,25,29)/t16-/m0/s1. The van der Waals surface area contributed by atoms with Crippen LogP contribution in [0, 0.1) is 0 Å². The first-order valence-corrected chi connectivity index (χ1v) is 12.7. The van der Waals surface area contributed by atoms with Gasteiger partial charge in [0.15, 0.2) is 0 Å². The van der Waals surface area contributed by atoms with Crippen molar-refractivity contribution >= 4 is 50.7 Å². The van der Waals surface area contributed by atoms with Gasteiger partial charge in [0.2, 0.25) is 21.8 Å². The predicted octanol–water partition coefficient (Wildman–Crippen LogP) is 3.70. The van der Waals surface area contributed by atoms with E-state index < -0.39 is 28.5 Å². The number of hydrogen-bond donors (Lipinski definition) is 1. The predicted molar refractivity (Wildman–Crippen MR) is 128 cm³/mol. The summed E-state index contributed by atoms with van der Waals surface area (Å²) in [6.07, 6.45) is 1.76. The van der Waals surface area contributed by atoms with Crippen LogP contribution in [0.15, 0.2) is 48.5 Å². The molecule has 0 heterocycles. The lowest BCUT2D eigenvalue weighted by atomic mass is 10.1. The average molecular weight is 500 g/mol. The van der Waals surface area contributed by atoms with Gasteiger partial charge in [0.1, 0.15) is 12.6 Å². The van der Waals surface area contributed by atoms with E-state index in [1.165, 1.54) is 17.0 Å². The minimum absolute atomic E-state index is 0.0530. The lowest BCUT2D eigenvalue weighted by Gasteiger charge is -2.31. The second-order valence-electron chi connectivity index (χ2n) is 7.33. The molecule has 10 heteroatoms. The Morgan fingerprint density at radius 1 is 1.06 bits per heavy atom. The number of nitrogens with one attached hydrogen (secondary N) is 1. The summed E-state index contributed by atoms with van der Waals surface area (Å²) in [5.41, 5.74) is 0.945. The van der Waals surface area contributed by atoms with E-state index in [9.17, 15) is 18.0 Å². The largest absolute Gasteiger partial charge is 0.354 e. The van der Waals surface area contributed by atoms with Crippen molar-refractivity contribution in [2.75, 3.05) is 23.7 Å². The van der Waals surface area contributed by atoms with Gasteiger partial charge in [-0.05, 0) is 49.2 Å². The molecule has 0 bridgehead atoms. The first-order chi connectivity index (χ1) is 15.0. The zero-order valence-corrected chi connectivity index (χ0v) is 20.5. The molecule has 174 valence electrons. The Kier molecular flexibility index (Phi) is 9.36. The monoisotopic (exact) mass is 499 g/mol. The summed E-state index contributed by atoms with van der Waals surface area (Å²) in [6, 6.07) is 12.3. The fraction of sp³-hybridized carbons (Fsp3) is 0.364. The molecule has 2 aromatic carbocycles. The van der Waals surface area contributed by atoms with Gasteiger partial charge in [-0.2, -0.15) is 0 Å². The van der Waals surface area contributed by atoms with Crippen molar-refractivity contribution in [1.82, 2.24) is 10.2 Å². The van der Waals surface area contributed by atoms with Crippen molar-refractivity contribution in [2.24, 2.45) is 0 Å². The first kappa shape index (κ1) is 26.0. The maximum Gasteiger partial charge on any atom is 0.244 e. The number of nitrogens with zero attached hydrogens (tertiary/aromatic N) is 2. The molecule has 2 amide bonds. The van der Waals surface area contributed by atoms with Crippen molar-refractivity contribution in [3.63, 3.8) is 0 Å². The number of sulfonamides is 1. The third-order valence-corrected chi connectivity index (χ3v) is 6.57. The van der Waals surface area contributed by atoms with Crippen LogP contribution in [-0.2, 0) is 26.2 Å². The molecule has 0 aliphatic rings. The van der Waals surface area contributed by atoms with Crippen LogP contribution < -0.4 is 9.62 Å². The van der Waals surface area contributed by atoms with E-state index in [1.807, 2.05) is 6.92 Å². The molecule has 0 saturated heterocycles. The van der Waals surface area contributed by atoms with E-state index in [1.54, 1.807) is 43.3 Å². The Hall–Kier alpha value is -2.29. The normalized spacial score (nSPS) is 12.2. The molecule has 0 radical (unpaired) electrons. The van der Waals surface area contributed by atoms with E-state index in [0.29, 0.717) is 27.8 Å². The van der Waals surface area contributed by atoms with Gasteiger partial charge in [-0.25, -0.2) is 8.42 Å². The highest BCUT2D eigenvalue weighted by Crippen LogP contribution is 2.22. The Morgan fingerprint density at radius 2 is 1.69 bits per heavy atom. The molecular formula is C22H27Cl2N3O4S. The molecule has 2 aromatic rings. The second-order valence-corrected chi connectivity index (χ2v) is 10.1. The third-order valence-electron chi connectivity index (χ3n) is 4.81. The summed E-state index contributed by atoms with van der Waals surface area (Å²) in [5.74, 6) is -0.867. The van der Waals surface area contributed by atoms with E-state index >= 15 is 0 Å². The minimum atomic E-state index is -3.78. The Morgan fingerprint density at radius 3 is 2.25 bits per heavy atom. The summed E-state index contributed by atoms with van der Waals surface area (Å²) in [7, 11) is -3.78. The van der Waals surface area contributed by atoms with E-state index in [2.05, 4.69) is 5.32 Å². The number of hydrogen-bond acceptors (Lipinski definition) is 4. The topological polar surface area (TPSA) is 86.8 Å². The van der Waals surface area contributed by atoms with Crippen LogP contribution in [0.5, 0.6) is 0 Å². The second kappa shape index (κ2) is 11.5. The molecule has 0 unspecified atom stereocenters. The number of carbonyl (C=O) groups excluding carboxylic acids is 2. The van der Waals surface area contributed by atoms with Crippen molar-refractivity contribution < 1.29 is 18.0 Å². The number of amides is 2. The van der Waals surface area contributed by atoms with Gasteiger partial charge >= 0.3 is 0 Å². The highest BCUT2D eigenvalue weighted by atomic mass is 35.5. The highest BCUT2D eigenvalue weighted by molar-refractivity contribution is 7.92. The molecule has 0 spiro atoms. The molecule has 2 rings (SSSR count). The first-order valence-electron chi connectivity index (χ1n) is 10.1. The maximum absolute atomic E-state index is 13.3. The van der Waals surface area contributed by atoms with Crippen molar-refractivity contribution in [2.45, 2.75) is 32.9 Å². The van der Waals surface area contributed by atoms with E-state index in [4.69, 9.17) is 23.2 Å². The van der Waals surface area contributed by atoms with Crippen LogP contribution >= 0.6 is 23.2 Å². The van der Waals surface area contributed by atoms with Crippen LogP contribution in [0.4, 0.5) is 5.69 Å². The van der Waals surface area contributed by atoms with Crippen LogP contribution in [0.2, 0.25) is 10.0 Å². The molecule has 7 nitrogen and oxygen atoms in total. The third kappa shape index (κ3) is 7.12.